The normalized spacial score (nSPS) is 24.1. The van der Waals surface area contributed by atoms with Gasteiger partial charge in [-0.3, -0.25) is 14.5 Å². The maximum atomic E-state index is 13.9. The van der Waals surface area contributed by atoms with Crippen molar-refractivity contribution in [1.29, 1.82) is 0 Å². The molecule has 1 aliphatic heterocycles. The minimum absolute atomic E-state index is 0.0313. The fourth-order valence-electron chi connectivity index (χ4n) is 3.45. The van der Waals surface area contributed by atoms with Gasteiger partial charge in [0.15, 0.2) is 0 Å². The van der Waals surface area contributed by atoms with Crippen LogP contribution in [0.15, 0.2) is 35.3 Å². The van der Waals surface area contributed by atoms with Gasteiger partial charge in [-0.2, -0.15) is 13.2 Å². The summed E-state index contributed by atoms with van der Waals surface area (Å²) in [6, 6.07) is 7.96. The van der Waals surface area contributed by atoms with Gasteiger partial charge in [0.05, 0.1) is 0 Å². The smallest absolute Gasteiger partial charge is 0.316 e. The summed E-state index contributed by atoms with van der Waals surface area (Å²) < 4.78 is 41.8. The molecule has 2 aliphatic rings. The van der Waals surface area contributed by atoms with E-state index >= 15 is 0 Å². The molecule has 1 aliphatic carbocycles. The third kappa shape index (κ3) is 2.97. The lowest BCUT2D eigenvalue weighted by molar-refractivity contribution is -0.200. The van der Waals surface area contributed by atoms with Crippen molar-refractivity contribution >= 4 is 17.6 Å². The molecule has 26 heavy (non-hydrogen) atoms. The minimum atomic E-state index is -5.04. The molecule has 0 unspecified atom stereocenters. The minimum Gasteiger partial charge on any atom is -0.316 e. The van der Waals surface area contributed by atoms with Crippen LogP contribution in [0.3, 0.4) is 0 Å². The first-order valence-corrected chi connectivity index (χ1v) is 8.67. The second kappa shape index (κ2) is 6.74. The summed E-state index contributed by atoms with van der Waals surface area (Å²) in [6.45, 7) is 1.43. The van der Waals surface area contributed by atoms with E-state index in [0.717, 1.165) is 17.7 Å². The first kappa shape index (κ1) is 18.4. The van der Waals surface area contributed by atoms with Crippen molar-refractivity contribution in [2.75, 3.05) is 0 Å². The number of benzene rings is 1. The quantitative estimate of drug-likeness (QED) is 0.889. The molecule has 3 rings (SSSR count). The van der Waals surface area contributed by atoms with Gasteiger partial charge < -0.3 is 5.32 Å². The van der Waals surface area contributed by atoms with Crippen molar-refractivity contribution in [3.8, 4) is 0 Å². The van der Waals surface area contributed by atoms with Crippen molar-refractivity contribution in [3.63, 3.8) is 0 Å². The average Bonchev–Trinajstić information content (AvgIpc) is 3.22. The Morgan fingerprint density at radius 1 is 1.27 bits per heavy atom. The molecule has 8 heteroatoms. The van der Waals surface area contributed by atoms with Gasteiger partial charge in [-0.05, 0) is 12.8 Å². The lowest BCUT2D eigenvalue weighted by atomic mass is 10.1. The Labute approximate surface area is 149 Å². The van der Waals surface area contributed by atoms with Crippen LogP contribution in [0.4, 0.5) is 13.2 Å². The van der Waals surface area contributed by atoms with Crippen LogP contribution in [0.2, 0.25) is 0 Å². The fraction of sp³-hybridized carbons (Fsp3) is 0.500. The molecule has 0 bridgehead atoms. The van der Waals surface area contributed by atoms with Crippen molar-refractivity contribution in [2.45, 2.75) is 56.9 Å². The molecule has 1 fully saturated rings. The molecule has 0 aromatic heterocycles. The van der Waals surface area contributed by atoms with Crippen molar-refractivity contribution in [2.24, 2.45) is 4.99 Å². The number of rotatable bonds is 4. The third-order valence-corrected chi connectivity index (χ3v) is 4.80. The third-order valence-electron chi connectivity index (χ3n) is 4.80. The van der Waals surface area contributed by atoms with Gasteiger partial charge in [-0.15, -0.1) is 0 Å². The van der Waals surface area contributed by atoms with Gasteiger partial charge in [0.25, 0.3) is 5.91 Å². The number of nitrogens with one attached hydrogen (secondary N) is 1. The zero-order valence-corrected chi connectivity index (χ0v) is 14.3. The summed E-state index contributed by atoms with van der Waals surface area (Å²) in [7, 11) is 0. The maximum absolute atomic E-state index is 13.9. The topological polar surface area (TPSA) is 61.8 Å². The number of alkyl halides is 3. The highest BCUT2D eigenvalue weighted by atomic mass is 19.4. The lowest BCUT2D eigenvalue weighted by Crippen LogP contribution is -2.64. The van der Waals surface area contributed by atoms with Crippen molar-refractivity contribution < 1.29 is 22.8 Å². The summed E-state index contributed by atoms with van der Waals surface area (Å²) in [4.78, 5) is 29.7. The zero-order valence-electron chi connectivity index (χ0n) is 14.3. The number of aliphatic imine (C=N–C) groups is 1. The number of amidine groups is 1. The molecule has 1 heterocycles. The van der Waals surface area contributed by atoms with E-state index in [4.69, 9.17) is 0 Å². The number of nitrogens with zero attached hydrogens (tertiary/aromatic N) is 2. The van der Waals surface area contributed by atoms with E-state index in [2.05, 4.69) is 4.99 Å². The molecule has 1 saturated carbocycles. The van der Waals surface area contributed by atoms with Gasteiger partial charge in [-0.25, -0.2) is 4.99 Å². The summed E-state index contributed by atoms with van der Waals surface area (Å²) in [5.41, 5.74) is -2.84. The molecule has 1 atom stereocenters. The monoisotopic (exact) mass is 367 g/mol. The fourth-order valence-corrected chi connectivity index (χ4v) is 3.45. The second-order valence-electron chi connectivity index (χ2n) is 6.52. The van der Waals surface area contributed by atoms with E-state index < -0.39 is 23.7 Å². The number of carbonyl (C=O) groups is 2. The zero-order chi connectivity index (χ0) is 18.9. The number of halogens is 3. The molecule has 140 valence electrons. The standard InChI is InChI=1S/C18H20F3N3O2/c1-2-14(25)22-17(18(19,20)21)16(26)24(13-10-6-7-11-13)15(23-17)12-8-4-3-5-9-12/h3-5,8-9,13H,2,6-7,10-11H2,1H3,(H,22,25)/t17-/m0/s1. The summed E-state index contributed by atoms with van der Waals surface area (Å²) in [5, 5.41) is 1.84. The molecule has 0 spiro atoms. The lowest BCUT2D eigenvalue weighted by Gasteiger charge is -2.31. The predicted octanol–water partition coefficient (Wildman–Crippen LogP) is 3.00. The van der Waals surface area contributed by atoms with Crippen LogP contribution in [0.1, 0.15) is 44.6 Å². The molecule has 2 amide bonds. The summed E-state index contributed by atoms with van der Waals surface area (Å²) in [6.07, 6.45) is -2.29. The molecule has 5 nitrogen and oxygen atoms in total. The molecule has 1 aromatic rings. The van der Waals surface area contributed by atoms with Crippen LogP contribution < -0.4 is 5.32 Å². The largest absolute Gasteiger partial charge is 0.442 e. The van der Waals surface area contributed by atoms with Gasteiger partial charge >= 0.3 is 11.8 Å². The van der Waals surface area contributed by atoms with Crippen LogP contribution in [-0.2, 0) is 9.59 Å². The number of carbonyl (C=O) groups excluding carboxylic acids is 2. The summed E-state index contributed by atoms with van der Waals surface area (Å²) >= 11 is 0. The van der Waals surface area contributed by atoms with Crippen LogP contribution >= 0.6 is 0 Å². The van der Waals surface area contributed by atoms with Crippen LogP contribution in [0, 0.1) is 0 Å². The van der Waals surface area contributed by atoms with Crippen LogP contribution in [0.25, 0.3) is 0 Å². The van der Waals surface area contributed by atoms with Crippen molar-refractivity contribution in [1.82, 2.24) is 10.2 Å². The van der Waals surface area contributed by atoms with E-state index in [1.54, 1.807) is 30.3 Å². The molecule has 0 saturated heterocycles. The SMILES string of the molecule is CCC(=O)N[C@]1(C(F)(F)F)N=C(c2ccccc2)N(C2CCCC2)C1=O. The highest BCUT2D eigenvalue weighted by Crippen LogP contribution is 2.41. The average molecular weight is 367 g/mol. The van der Waals surface area contributed by atoms with E-state index in [0.29, 0.717) is 18.4 Å². The van der Waals surface area contributed by atoms with Gasteiger partial charge in [0.1, 0.15) is 5.84 Å². The van der Waals surface area contributed by atoms with E-state index in [-0.39, 0.29) is 18.3 Å². The van der Waals surface area contributed by atoms with Gasteiger partial charge in [0, 0.05) is 18.0 Å². The Morgan fingerprint density at radius 3 is 2.42 bits per heavy atom. The highest BCUT2D eigenvalue weighted by Gasteiger charge is 2.67. The molecule has 1 aromatic carbocycles. The van der Waals surface area contributed by atoms with Crippen molar-refractivity contribution in [3.05, 3.63) is 35.9 Å². The van der Waals surface area contributed by atoms with E-state index in [1.165, 1.54) is 6.92 Å². The first-order valence-electron chi connectivity index (χ1n) is 8.67. The molecular formula is C18H20F3N3O2. The Hall–Kier alpha value is -2.38. The van der Waals surface area contributed by atoms with Gasteiger partial charge in [0.2, 0.25) is 5.91 Å². The Kier molecular flexibility index (Phi) is 4.77. The Balaban J connectivity index is 2.14. The highest BCUT2D eigenvalue weighted by molar-refractivity contribution is 6.16. The molecular weight excluding hydrogens is 347 g/mol. The van der Waals surface area contributed by atoms with Crippen LogP contribution in [0.5, 0.6) is 0 Å². The predicted molar refractivity (Wildman–Crippen MR) is 89.3 cm³/mol. The summed E-state index contributed by atoms with van der Waals surface area (Å²) in [5.74, 6) is -2.13. The second-order valence-corrected chi connectivity index (χ2v) is 6.52. The molecule has 0 radical (unpaired) electrons. The van der Waals surface area contributed by atoms with Gasteiger partial charge in [-0.1, -0.05) is 50.1 Å². The van der Waals surface area contributed by atoms with E-state index in [9.17, 15) is 22.8 Å². The number of hydrogen-bond acceptors (Lipinski definition) is 3. The maximum Gasteiger partial charge on any atom is 0.442 e. The number of amides is 2. The number of hydrogen-bond donors (Lipinski definition) is 1. The van der Waals surface area contributed by atoms with E-state index in [1.807, 2.05) is 5.32 Å². The Morgan fingerprint density at radius 2 is 1.88 bits per heavy atom. The van der Waals surface area contributed by atoms with Crippen LogP contribution in [-0.4, -0.2) is 40.4 Å². The Bertz CT molecular complexity index is 727. The molecule has 1 N–H and O–H groups in total. The first-order chi connectivity index (χ1) is 12.3.